The van der Waals surface area contributed by atoms with Gasteiger partial charge >= 0.3 is 0 Å². The van der Waals surface area contributed by atoms with Crippen molar-refractivity contribution in [1.29, 1.82) is 0 Å². The fourth-order valence-corrected chi connectivity index (χ4v) is 14.5. The van der Waals surface area contributed by atoms with Crippen molar-refractivity contribution >= 4 is 79.7 Å². The maximum atomic E-state index is 12.6. The van der Waals surface area contributed by atoms with E-state index in [0.717, 1.165) is 0 Å². The van der Waals surface area contributed by atoms with Gasteiger partial charge in [-0.25, -0.2) is 59.8 Å². The molecule has 2 amide bonds. The molecule has 0 bridgehead atoms. The minimum absolute atomic E-state index is 0.152. The van der Waals surface area contributed by atoms with Gasteiger partial charge in [0, 0.05) is 24.3 Å². The first-order valence-electron chi connectivity index (χ1n) is 35.3. The van der Waals surface area contributed by atoms with Crippen LogP contribution in [0, 0.1) is 0 Å². The lowest BCUT2D eigenvalue weighted by Gasteiger charge is -2.24. The van der Waals surface area contributed by atoms with Crippen molar-refractivity contribution in [2.75, 3.05) is 61.7 Å². The van der Waals surface area contributed by atoms with E-state index in [-0.39, 0.29) is 73.9 Å². The van der Waals surface area contributed by atoms with Gasteiger partial charge in [0.2, 0.25) is 0 Å². The lowest BCUT2D eigenvalue weighted by Crippen LogP contribution is -2.32. The Morgan fingerprint density at radius 1 is 0.398 bits per heavy atom. The molecule has 2 aromatic carbocycles. The van der Waals surface area contributed by atoms with Crippen molar-refractivity contribution < 1.29 is 86.1 Å². The lowest BCUT2D eigenvalue weighted by molar-refractivity contribution is -0.201. The van der Waals surface area contributed by atoms with E-state index >= 15 is 0 Å². The number of carbonyl (C=O) groups excluding carboxylic acids is 2. The number of nitrogen functional groups attached to an aromatic ring is 2. The fraction of sp³-hybridized carbons (Fsp3) is 0.514. The Hall–Kier alpha value is -9.46. The molecule has 8 aliphatic heterocycles. The third kappa shape index (κ3) is 14.5. The molecule has 8 aliphatic rings. The largest absolute Gasteiger partial charge is 0.394 e. The monoisotopic (exact) mass is 1490 g/mol. The average molecular weight is 1490 g/mol. The summed E-state index contributed by atoms with van der Waals surface area (Å²) >= 11 is 0. The Kier molecular flexibility index (Phi) is 20.5. The molecule has 10 aromatic rings. The molecule has 0 aliphatic carbocycles. The van der Waals surface area contributed by atoms with Crippen LogP contribution < -0.4 is 22.1 Å². The fourth-order valence-electron chi connectivity index (χ4n) is 14.5. The highest BCUT2D eigenvalue weighted by Gasteiger charge is 2.60. The number of nitrogens with two attached hydrogens (primary N) is 2. The van der Waals surface area contributed by atoms with Gasteiger partial charge in [0.25, 0.3) is 11.8 Å². The zero-order valence-corrected chi connectivity index (χ0v) is 60.6. The van der Waals surface area contributed by atoms with E-state index in [2.05, 4.69) is 70.4 Å². The van der Waals surface area contributed by atoms with E-state index in [9.17, 15) is 19.8 Å². The number of aliphatic hydroxyl groups is 2. The molecule has 8 saturated heterocycles. The average Bonchev–Trinajstić information content (AvgIpc) is 1.61. The molecule has 0 unspecified atom stereocenters. The van der Waals surface area contributed by atoms with Gasteiger partial charge < -0.3 is 98.6 Å². The Morgan fingerprint density at radius 3 is 0.991 bits per heavy atom. The molecule has 0 saturated carbocycles. The molecule has 38 nitrogen and oxygen atoms in total. The molecule has 8 N–H and O–H groups in total. The van der Waals surface area contributed by atoms with Gasteiger partial charge in [0.15, 0.2) is 105 Å². The van der Waals surface area contributed by atoms with Gasteiger partial charge in [-0.3, -0.25) is 27.9 Å². The SMILES string of the molecule is CC1(C)O[C@@H]2[C@H](O1)[C@@H](CO)O[C@H]2n1cnc2c(N)ncnc21.CC1(C)O[C@@H]2[C@H](O1)[C@@H](CO)O[C@H]2n1cnc2c(NC(=O)c3ccccc3)ncnc21.CCOC[C@H]1O[C@@H](n2cnc3c(N)ncnc32)[C@@H]2OC(C)(C)O[C@@H]21.CCOC[C@H]1O[C@@H](n2cnc3c(NC(=O)c4ccccc4)ncnc32)[C@@H]2OC(C)(C)O[C@@H]21. The summed E-state index contributed by atoms with van der Waals surface area (Å²) in [7, 11) is 0. The van der Waals surface area contributed by atoms with Crippen molar-refractivity contribution in [2.45, 2.75) is 191 Å². The van der Waals surface area contributed by atoms with E-state index in [4.69, 9.17) is 77.8 Å². The van der Waals surface area contributed by atoms with Crippen molar-refractivity contribution in [3.63, 3.8) is 0 Å². The highest BCUT2D eigenvalue weighted by atomic mass is 16.8. The van der Waals surface area contributed by atoms with Gasteiger partial charge in [-0.1, -0.05) is 36.4 Å². The first kappa shape index (κ1) is 74.0. The van der Waals surface area contributed by atoms with Crippen LogP contribution in [0.15, 0.2) is 111 Å². The number of anilines is 4. The zero-order valence-electron chi connectivity index (χ0n) is 60.6. The second-order valence-electron chi connectivity index (χ2n) is 28.1. The van der Waals surface area contributed by atoms with E-state index in [1.165, 1.54) is 25.3 Å². The molecule has 16 atom stereocenters. The molecule has 0 radical (unpaired) electrons. The molecule has 8 fully saturated rings. The Morgan fingerprint density at radius 2 is 0.676 bits per heavy atom. The van der Waals surface area contributed by atoms with Crippen LogP contribution in [0.1, 0.15) is 115 Å². The van der Waals surface area contributed by atoms with E-state index in [1.807, 2.05) is 85.9 Å². The molecule has 108 heavy (non-hydrogen) atoms. The van der Waals surface area contributed by atoms with Crippen LogP contribution >= 0.6 is 0 Å². The van der Waals surface area contributed by atoms with Crippen LogP contribution in [-0.4, -0.2) is 236 Å². The topological polar surface area (TPSA) is 454 Å². The highest BCUT2D eigenvalue weighted by Crippen LogP contribution is 2.48. The highest BCUT2D eigenvalue weighted by molar-refractivity contribution is 6.07. The van der Waals surface area contributed by atoms with Crippen molar-refractivity contribution in [2.24, 2.45) is 0 Å². The third-order valence-electron chi connectivity index (χ3n) is 19.0. The first-order chi connectivity index (χ1) is 51.9. The number of benzene rings is 2. The normalized spacial score (nSPS) is 29.2. The van der Waals surface area contributed by atoms with Gasteiger partial charge in [0.05, 0.1) is 51.7 Å². The molecule has 18 rings (SSSR count). The summed E-state index contributed by atoms with van der Waals surface area (Å²) < 4.78 is 90.6. The number of nitrogens with one attached hydrogen (secondary N) is 2. The maximum Gasteiger partial charge on any atom is 0.256 e. The maximum absolute atomic E-state index is 12.6. The number of amides is 2. The Bertz CT molecular complexity index is 4860. The molecular weight excluding hydrogens is 1410 g/mol. The number of fused-ring (bicyclic) bond motifs is 8. The van der Waals surface area contributed by atoms with E-state index in [1.54, 1.807) is 87.5 Å². The molecule has 572 valence electrons. The summed E-state index contributed by atoms with van der Waals surface area (Å²) in [4.78, 5) is 76.0. The summed E-state index contributed by atoms with van der Waals surface area (Å²) in [6.45, 7) is 20.4. The standard InChI is InChI=1S/C22H25N5O5.C20H21N5O5.C15H21N5O4.C13H17N5O4/c1-4-29-10-14-16-17(32-22(2,3)31-16)21(30-14)27-12-25-15-18(23-11-24-19(15)27)26-20(28)13-8-6-5-7-9-13;1-20(2)29-14-12(8-26)28-19(15(14)30-20)25-10-23-13-16(21-9-22-17(13)25)24-18(27)11-6-4-3-5-7-11;1-4-21-5-8-10-11(24-15(2,3)23-10)14(22-8)20-7-19-9-12(16)17-6-18-13(9)20;1-13(2)21-8-6(3-19)20-12(9(8)22-13)18-5-17-7-10(14)15-4-16-11(7)18/h5-9,11-12,14,16-17,21H,4,10H2,1-3H3,(H,23,24,26,28);3-7,9-10,12,14-15,19,26H,8H2,1-2H3,(H,21,22,24,27);6-8,10-11,14H,4-5H2,1-3H3,(H2,16,17,18);4-6,8-9,12,19H,3H2,1-2H3,(H2,14,15,16)/t14-,16-,17-,21-;12-,14-,15-,19-;8-,10-,11-,14-;6-,8-,9-,12-/m1111/s1. The van der Waals surface area contributed by atoms with Gasteiger partial charge in [-0.2, -0.15) is 0 Å². The number of ether oxygens (including phenoxy) is 14. The van der Waals surface area contributed by atoms with Gasteiger partial charge in [-0.15, -0.1) is 0 Å². The van der Waals surface area contributed by atoms with Crippen LogP contribution in [-0.2, 0) is 66.3 Å². The predicted molar refractivity (Wildman–Crippen MR) is 377 cm³/mol. The van der Waals surface area contributed by atoms with Crippen LogP contribution in [0.4, 0.5) is 23.3 Å². The molecule has 0 spiro atoms. The number of rotatable bonds is 16. The third-order valence-corrected chi connectivity index (χ3v) is 19.0. The lowest BCUT2D eigenvalue weighted by atomic mass is 10.1. The first-order valence-corrected chi connectivity index (χ1v) is 35.3. The number of imidazole rings is 4. The molecule has 16 heterocycles. The quantitative estimate of drug-likeness (QED) is 0.0763. The molecule has 38 heteroatoms. The summed E-state index contributed by atoms with van der Waals surface area (Å²) in [6.07, 6.45) is 5.75. The van der Waals surface area contributed by atoms with Crippen LogP contribution in [0.5, 0.6) is 0 Å². The second kappa shape index (κ2) is 29.8. The van der Waals surface area contributed by atoms with Crippen LogP contribution in [0.25, 0.3) is 44.7 Å². The van der Waals surface area contributed by atoms with Crippen molar-refractivity contribution in [3.8, 4) is 0 Å². The van der Waals surface area contributed by atoms with Crippen LogP contribution in [0.2, 0.25) is 0 Å². The number of carbonyl (C=O) groups is 2. The Balaban J connectivity index is 0.000000116. The smallest absolute Gasteiger partial charge is 0.256 e. The summed E-state index contributed by atoms with van der Waals surface area (Å²) in [5.41, 5.74) is 16.8. The number of nitrogens with zero attached hydrogens (tertiary/aromatic N) is 16. The summed E-state index contributed by atoms with van der Waals surface area (Å²) in [5, 5.41) is 24.8. The number of aromatic nitrogens is 16. The Labute approximate surface area is 616 Å². The molecule has 8 aromatic heterocycles. The number of aliphatic hydroxyl groups excluding tert-OH is 2. The predicted octanol–water partition coefficient (Wildman–Crippen LogP) is 4.70. The summed E-state index contributed by atoms with van der Waals surface area (Å²) in [5.74, 6) is -2.23. The van der Waals surface area contributed by atoms with Gasteiger partial charge in [0.1, 0.15) is 110 Å². The van der Waals surface area contributed by atoms with E-state index < -0.39 is 72.5 Å². The number of hydrogen-bond donors (Lipinski definition) is 6. The minimum atomic E-state index is -0.787. The van der Waals surface area contributed by atoms with Crippen LogP contribution in [0.3, 0.4) is 0 Å². The van der Waals surface area contributed by atoms with Crippen molar-refractivity contribution in [3.05, 3.63) is 122 Å². The minimum Gasteiger partial charge on any atom is -0.394 e. The summed E-state index contributed by atoms with van der Waals surface area (Å²) in [6, 6.07) is 17.8. The van der Waals surface area contributed by atoms with Crippen molar-refractivity contribution in [1.82, 2.24) is 78.1 Å². The van der Waals surface area contributed by atoms with E-state index in [0.29, 0.717) is 105 Å². The molecular formula is C70H84N20O18. The van der Waals surface area contributed by atoms with Gasteiger partial charge in [-0.05, 0) is 93.5 Å². The second-order valence-corrected chi connectivity index (χ2v) is 28.1. The zero-order chi connectivity index (χ0) is 75.6. The number of hydrogen-bond acceptors (Lipinski definition) is 32.